The molecule has 1 aliphatic rings. The van der Waals surface area contributed by atoms with Gasteiger partial charge in [-0.2, -0.15) is 11.8 Å². The molecule has 1 saturated heterocycles. The first-order chi connectivity index (χ1) is 8.24. The highest BCUT2D eigenvalue weighted by molar-refractivity contribution is 7.99. The first kappa shape index (κ1) is 12.7. The van der Waals surface area contributed by atoms with Gasteiger partial charge < -0.3 is 10.2 Å². The van der Waals surface area contributed by atoms with Crippen molar-refractivity contribution in [1.29, 1.82) is 0 Å². The summed E-state index contributed by atoms with van der Waals surface area (Å²) in [6.45, 7) is 5.57. The number of aromatic nitrogens is 1. The molecule has 4 heteroatoms. The van der Waals surface area contributed by atoms with Gasteiger partial charge in [-0.3, -0.25) is 0 Å². The Morgan fingerprint density at radius 1 is 1.59 bits per heavy atom. The van der Waals surface area contributed by atoms with Gasteiger partial charge in [-0.05, 0) is 27.0 Å². The molecular formula is C13H21N3S. The molecule has 17 heavy (non-hydrogen) atoms. The lowest BCUT2D eigenvalue weighted by molar-refractivity contribution is 0.629. The minimum absolute atomic E-state index is 0.348. The summed E-state index contributed by atoms with van der Waals surface area (Å²) >= 11 is 2.04. The molecule has 0 amide bonds. The lowest BCUT2D eigenvalue weighted by atomic mass is 10.1. The molecular weight excluding hydrogens is 230 g/mol. The number of thioether (sulfide) groups is 1. The Hall–Kier alpha value is -0.740. The van der Waals surface area contributed by atoms with Crippen molar-refractivity contribution < 1.29 is 0 Å². The van der Waals surface area contributed by atoms with Crippen molar-refractivity contribution in [2.75, 3.05) is 30.0 Å². The summed E-state index contributed by atoms with van der Waals surface area (Å²) in [5.41, 5.74) is 1.30. The third-order valence-electron chi connectivity index (χ3n) is 3.36. The number of pyridine rings is 1. The number of nitrogens with zero attached hydrogens (tertiary/aromatic N) is 2. The van der Waals surface area contributed by atoms with E-state index in [2.05, 4.69) is 35.1 Å². The first-order valence-corrected chi connectivity index (χ1v) is 7.36. The number of hydrogen-bond donors (Lipinski definition) is 1. The van der Waals surface area contributed by atoms with Crippen LogP contribution in [0.15, 0.2) is 18.3 Å². The van der Waals surface area contributed by atoms with Gasteiger partial charge in [0, 0.05) is 41.9 Å². The molecule has 0 radical (unpaired) electrons. The molecule has 2 atom stereocenters. The quantitative estimate of drug-likeness (QED) is 0.892. The van der Waals surface area contributed by atoms with E-state index in [0.29, 0.717) is 12.1 Å². The maximum atomic E-state index is 4.60. The van der Waals surface area contributed by atoms with Crippen LogP contribution >= 0.6 is 11.8 Å². The fourth-order valence-electron chi connectivity index (χ4n) is 2.18. The van der Waals surface area contributed by atoms with Gasteiger partial charge in [-0.25, -0.2) is 4.98 Å². The Kier molecular flexibility index (Phi) is 4.29. The van der Waals surface area contributed by atoms with Gasteiger partial charge in [0.25, 0.3) is 0 Å². The van der Waals surface area contributed by atoms with Crippen molar-refractivity contribution in [1.82, 2.24) is 10.3 Å². The zero-order chi connectivity index (χ0) is 12.3. The third-order valence-corrected chi connectivity index (χ3v) is 4.55. The van der Waals surface area contributed by atoms with E-state index >= 15 is 0 Å². The minimum Gasteiger partial charge on any atom is -0.352 e. The van der Waals surface area contributed by atoms with Crippen LogP contribution in [0.4, 0.5) is 5.82 Å². The fourth-order valence-corrected chi connectivity index (χ4v) is 3.20. The highest BCUT2D eigenvalue weighted by Gasteiger charge is 2.23. The molecule has 1 aromatic heterocycles. The maximum Gasteiger partial charge on any atom is 0.133 e. The van der Waals surface area contributed by atoms with Gasteiger partial charge in [0.15, 0.2) is 0 Å². The summed E-state index contributed by atoms with van der Waals surface area (Å²) in [5, 5.41) is 3.30. The van der Waals surface area contributed by atoms with Crippen molar-refractivity contribution in [3.05, 3.63) is 23.9 Å². The smallest absolute Gasteiger partial charge is 0.133 e. The Labute approximate surface area is 108 Å². The van der Waals surface area contributed by atoms with Crippen molar-refractivity contribution >= 4 is 17.6 Å². The van der Waals surface area contributed by atoms with Gasteiger partial charge in [0.1, 0.15) is 5.82 Å². The van der Waals surface area contributed by atoms with Crippen LogP contribution in [0.5, 0.6) is 0 Å². The predicted octanol–water partition coefficient (Wildman–Crippen LogP) is 2.30. The first-order valence-electron chi connectivity index (χ1n) is 6.20. The van der Waals surface area contributed by atoms with Crippen LogP contribution in [0.3, 0.4) is 0 Å². The second-order valence-corrected chi connectivity index (χ2v) is 5.69. The number of anilines is 1. The minimum atomic E-state index is 0.348. The molecule has 1 fully saturated rings. The maximum absolute atomic E-state index is 4.60. The molecule has 2 rings (SSSR count). The van der Waals surface area contributed by atoms with Gasteiger partial charge in [-0.15, -0.1) is 0 Å². The number of nitrogens with one attached hydrogen (secondary N) is 1. The summed E-state index contributed by atoms with van der Waals surface area (Å²) in [6.07, 6.45) is 1.90. The SMILES string of the molecule is CNC(C)c1cccnc1N1CCSCC1C. The molecule has 0 saturated carbocycles. The Morgan fingerprint density at radius 2 is 2.41 bits per heavy atom. The van der Waals surface area contributed by atoms with Gasteiger partial charge >= 0.3 is 0 Å². The predicted molar refractivity (Wildman–Crippen MR) is 75.8 cm³/mol. The van der Waals surface area contributed by atoms with Crippen molar-refractivity contribution in [2.24, 2.45) is 0 Å². The summed E-state index contributed by atoms with van der Waals surface area (Å²) in [7, 11) is 2.00. The van der Waals surface area contributed by atoms with Crippen LogP contribution < -0.4 is 10.2 Å². The summed E-state index contributed by atoms with van der Waals surface area (Å²) in [6, 6.07) is 5.13. The van der Waals surface area contributed by atoms with E-state index in [1.807, 2.05) is 31.1 Å². The average Bonchev–Trinajstić information content (AvgIpc) is 2.38. The van der Waals surface area contributed by atoms with Gasteiger partial charge in [0.2, 0.25) is 0 Å². The normalized spacial score (nSPS) is 22.5. The topological polar surface area (TPSA) is 28.2 Å². The van der Waals surface area contributed by atoms with Crippen LogP contribution in [-0.2, 0) is 0 Å². The van der Waals surface area contributed by atoms with Crippen molar-refractivity contribution in [3.63, 3.8) is 0 Å². The molecule has 2 unspecified atom stereocenters. The number of hydrogen-bond acceptors (Lipinski definition) is 4. The molecule has 94 valence electrons. The standard InChI is InChI=1S/C13H21N3S/c1-10-9-17-8-7-16(10)13-12(11(2)14-3)5-4-6-15-13/h4-6,10-11,14H,7-9H2,1-3H3. The van der Waals surface area contributed by atoms with Gasteiger partial charge in [-0.1, -0.05) is 6.07 Å². The van der Waals surface area contributed by atoms with Crippen LogP contribution in [0.2, 0.25) is 0 Å². The Morgan fingerprint density at radius 3 is 3.12 bits per heavy atom. The fraction of sp³-hybridized carbons (Fsp3) is 0.615. The van der Waals surface area contributed by atoms with E-state index in [-0.39, 0.29) is 0 Å². The molecule has 0 spiro atoms. The van der Waals surface area contributed by atoms with Crippen LogP contribution in [-0.4, -0.2) is 36.1 Å². The van der Waals surface area contributed by atoms with E-state index in [1.54, 1.807) is 0 Å². The molecule has 3 nitrogen and oxygen atoms in total. The van der Waals surface area contributed by atoms with E-state index < -0.39 is 0 Å². The second-order valence-electron chi connectivity index (χ2n) is 4.54. The second kappa shape index (κ2) is 5.74. The van der Waals surface area contributed by atoms with Crippen LogP contribution in [0, 0.1) is 0 Å². The lowest BCUT2D eigenvalue weighted by Gasteiger charge is -2.36. The van der Waals surface area contributed by atoms with Crippen molar-refractivity contribution in [3.8, 4) is 0 Å². The molecule has 1 N–H and O–H groups in total. The van der Waals surface area contributed by atoms with E-state index in [9.17, 15) is 0 Å². The lowest BCUT2D eigenvalue weighted by Crippen LogP contribution is -2.41. The monoisotopic (exact) mass is 251 g/mol. The summed E-state index contributed by atoms with van der Waals surface area (Å²) in [5.74, 6) is 3.56. The zero-order valence-corrected chi connectivity index (χ0v) is 11.6. The molecule has 2 heterocycles. The van der Waals surface area contributed by atoms with Gasteiger partial charge in [0.05, 0.1) is 0 Å². The molecule has 0 aromatic carbocycles. The van der Waals surface area contributed by atoms with Crippen molar-refractivity contribution in [2.45, 2.75) is 25.9 Å². The molecule has 0 bridgehead atoms. The largest absolute Gasteiger partial charge is 0.352 e. The Bertz CT molecular complexity index is 369. The Balaban J connectivity index is 2.30. The van der Waals surface area contributed by atoms with E-state index in [0.717, 1.165) is 12.4 Å². The molecule has 1 aromatic rings. The average molecular weight is 251 g/mol. The molecule has 0 aliphatic carbocycles. The highest BCUT2D eigenvalue weighted by atomic mass is 32.2. The van der Waals surface area contributed by atoms with Crippen LogP contribution in [0.1, 0.15) is 25.5 Å². The summed E-state index contributed by atoms with van der Waals surface area (Å²) in [4.78, 5) is 7.04. The van der Waals surface area contributed by atoms with Crippen LogP contribution in [0.25, 0.3) is 0 Å². The highest BCUT2D eigenvalue weighted by Crippen LogP contribution is 2.28. The zero-order valence-electron chi connectivity index (χ0n) is 10.8. The van der Waals surface area contributed by atoms with E-state index in [1.165, 1.54) is 17.1 Å². The number of rotatable bonds is 3. The summed E-state index contributed by atoms with van der Waals surface area (Å²) < 4.78 is 0. The third kappa shape index (κ3) is 2.75. The van der Waals surface area contributed by atoms with E-state index in [4.69, 9.17) is 0 Å². The molecule has 1 aliphatic heterocycles.